The molecule has 0 unspecified atom stereocenters. The topological polar surface area (TPSA) is 55.8 Å². The number of esters is 1. The van der Waals surface area contributed by atoms with E-state index in [0.29, 0.717) is 19.6 Å². The van der Waals surface area contributed by atoms with E-state index in [9.17, 15) is 9.90 Å². The van der Waals surface area contributed by atoms with Crippen LogP contribution in [0.1, 0.15) is 25.8 Å². The second kappa shape index (κ2) is 8.11. The van der Waals surface area contributed by atoms with Crippen molar-refractivity contribution in [1.29, 1.82) is 0 Å². The van der Waals surface area contributed by atoms with Gasteiger partial charge in [-0.3, -0.25) is 0 Å². The zero-order valence-electron chi connectivity index (χ0n) is 13.1. The SMILES string of the molecule is C[C@H](COCc1ccccc1)[C@@H]1C/C=C\[C@H](C)[C@@H](O)C(=O)O1. The van der Waals surface area contributed by atoms with Gasteiger partial charge in [0.25, 0.3) is 0 Å². The first-order valence-electron chi connectivity index (χ1n) is 7.75. The molecular weight excluding hydrogens is 280 g/mol. The Labute approximate surface area is 131 Å². The number of hydrogen-bond donors (Lipinski definition) is 1. The minimum absolute atomic E-state index is 0.0675. The molecule has 0 amide bonds. The summed E-state index contributed by atoms with van der Waals surface area (Å²) in [5.41, 5.74) is 1.12. The predicted molar refractivity (Wildman–Crippen MR) is 84.1 cm³/mol. The van der Waals surface area contributed by atoms with Crippen molar-refractivity contribution in [3.8, 4) is 0 Å². The highest BCUT2D eigenvalue weighted by molar-refractivity contribution is 5.75. The van der Waals surface area contributed by atoms with Crippen molar-refractivity contribution in [3.63, 3.8) is 0 Å². The van der Waals surface area contributed by atoms with E-state index in [1.165, 1.54) is 0 Å². The van der Waals surface area contributed by atoms with Crippen LogP contribution >= 0.6 is 0 Å². The van der Waals surface area contributed by atoms with E-state index in [1.807, 2.05) is 49.4 Å². The molecule has 4 nitrogen and oxygen atoms in total. The molecule has 0 radical (unpaired) electrons. The van der Waals surface area contributed by atoms with Crippen molar-refractivity contribution < 1.29 is 19.4 Å². The summed E-state index contributed by atoms with van der Waals surface area (Å²) in [6, 6.07) is 9.96. The van der Waals surface area contributed by atoms with Crippen molar-refractivity contribution >= 4 is 5.97 Å². The number of benzene rings is 1. The largest absolute Gasteiger partial charge is 0.460 e. The molecule has 2 rings (SSSR count). The fourth-order valence-corrected chi connectivity index (χ4v) is 2.41. The van der Waals surface area contributed by atoms with E-state index < -0.39 is 12.1 Å². The zero-order valence-corrected chi connectivity index (χ0v) is 13.1. The molecule has 120 valence electrons. The Bertz CT molecular complexity index is 497. The molecule has 1 aromatic rings. The summed E-state index contributed by atoms with van der Waals surface area (Å²) >= 11 is 0. The smallest absolute Gasteiger partial charge is 0.335 e. The van der Waals surface area contributed by atoms with Crippen LogP contribution in [0.25, 0.3) is 0 Å². The number of aliphatic hydroxyl groups excluding tert-OH is 1. The molecule has 0 saturated carbocycles. The monoisotopic (exact) mass is 304 g/mol. The second-order valence-corrected chi connectivity index (χ2v) is 5.92. The number of aliphatic hydroxyl groups is 1. The third kappa shape index (κ3) is 4.68. The standard InChI is InChI=1S/C18H24O4/c1-13-7-6-10-16(22-18(20)17(13)19)14(2)11-21-12-15-8-4-3-5-9-15/h3-9,13-14,16-17,19H,10-12H2,1-2H3/b7-6-/t13-,14+,16-,17+/m0/s1. The van der Waals surface area contributed by atoms with Crippen LogP contribution in [0.2, 0.25) is 0 Å². The number of rotatable bonds is 5. The molecule has 0 fully saturated rings. The Kier molecular flexibility index (Phi) is 6.16. The Morgan fingerprint density at radius 2 is 2.09 bits per heavy atom. The summed E-state index contributed by atoms with van der Waals surface area (Å²) < 4.78 is 11.1. The van der Waals surface area contributed by atoms with Gasteiger partial charge in [-0.15, -0.1) is 0 Å². The Morgan fingerprint density at radius 3 is 2.82 bits per heavy atom. The normalized spacial score (nSPS) is 28.3. The van der Waals surface area contributed by atoms with Crippen LogP contribution < -0.4 is 0 Å². The highest BCUT2D eigenvalue weighted by Crippen LogP contribution is 2.20. The molecule has 0 aliphatic carbocycles. The van der Waals surface area contributed by atoms with E-state index >= 15 is 0 Å². The van der Waals surface area contributed by atoms with Crippen molar-refractivity contribution in [2.24, 2.45) is 11.8 Å². The molecule has 0 aromatic heterocycles. The van der Waals surface area contributed by atoms with E-state index in [-0.39, 0.29) is 17.9 Å². The summed E-state index contributed by atoms with van der Waals surface area (Å²) in [5, 5.41) is 9.82. The van der Waals surface area contributed by atoms with Crippen molar-refractivity contribution in [2.45, 2.75) is 39.1 Å². The number of hydrogen-bond acceptors (Lipinski definition) is 4. The summed E-state index contributed by atoms with van der Waals surface area (Å²) in [6.07, 6.45) is 3.14. The molecule has 22 heavy (non-hydrogen) atoms. The van der Waals surface area contributed by atoms with Gasteiger partial charge < -0.3 is 14.6 Å². The van der Waals surface area contributed by atoms with Crippen molar-refractivity contribution in [1.82, 2.24) is 0 Å². The van der Waals surface area contributed by atoms with Crippen molar-refractivity contribution in [3.05, 3.63) is 48.0 Å². The average Bonchev–Trinajstić information content (AvgIpc) is 2.52. The molecule has 0 spiro atoms. The summed E-state index contributed by atoms with van der Waals surface area (Å²) in [7, 11) is 0. The maximum atomic E-state index is 11.8. The Morgan fingerprint density at radius 1 is 1.36 bits per heavy atom. The molecule has 1 N–H and O–H groups in total. The number of carbonyl (C=O) groups excluding carboxylic acids is 1. The van der Waals surface area contributed by atoms with Gasteiger partial charge in [-0.1, -0.05) is 56.3 Å². The lowest BCUT2D eigenvalue weighted by Crippen LogP contribution is -2.36. The lowest BCUT2D eigenvalue weighted by molar-refractivity contribution is -0.165. The maximum absolute atomic E-state index is 11.8. The zero-order chi connectivity index (χ0) is 15.9. The fraction of sp³-hybridized carbons (Fsp3) is 0.500. The van der Waals surface area contributed by atoms with Gasteiger partial charge in [-0.2, -0.15) is 0 Å². The molecule has 0 saturated heterocycles. The lowest BCUT2D eigenvalue weighted by atomic mass is 9.97. The first-order valence-corrected chi connectivity index (χ1v) is 7.75. The van der Waals surface area contributed by atoms with Gasteiger partial charge in [0, 0.05) is 18.3 Å². The van der Waals surface area contributed by atoms with E-state index in [2.05, 4.69) is 0 Å². The number of cyclic esters (lactones) is 1. The highest BCUT2D eigenvalue weighted by atomic mass is 16.6. The summed E-state index contributed by atoms with van der Waals surface area (Å²) in [5.74, 6) is -0.687. The van der Waals surface area contributed by atoms with Gasteiger partial charge in [0.1, 0.15) is 6.10 Å². The molecule has 1 heterocycles. The van der Waals surface area contributed by atoms with Gasteiger partial charge in [0.05, 0.1) is 13.2 Å². The molecular formula is C18H24O4. The molecule has 4 heteroatoms. The summed E-state index contributed by atoms with van der Waals surface area (Å²) in [6.45, 7) is 4.84. The van der Waals surface area contributed by atoms with Crippen LogP contribution in [0.4, 0.5) is 0 Å². The first kappa shape index (κ1) is 16.7. The van der Waals surface area contributed by atoms with Crippen LogP contribution in [0.5, 0.6) is 0 Å². The third-order valence-corrected chi connectivity index (χ3v) is 3.94. The third-order valence-electron chi connectivity index (χ3n) is 3.94. The van der Waals surface area contributed by atoms with E-state index in [4.69, 9.17) is 9.47 Å². The van der Waals surface area contributed by atoms with Gasteiger partial charge in [0.2, 0.25) is 0 Å². The van der Waals surface area contributed by atoms with Gasteiger partial charge in [0.15, 0.2) is 6.10 Å². The van der Waals surface area contributed by atoms with Crippen LogP contribution in [0.15, 0.2) is 42.5 Å². The van der Waals surface area contributed by atoms with Gasteiger partial charge in [-0.25, -0.2) is 4.79 Å². The van der Waals surface area contributed by atoms with Crippen molar-refractivity contribution in [2.75, 3.05) is 6.61 Å². The predicted octanol–water partition coefficient (Wildman–Crippen LogP) is 2.71. The van der Waals surface area contributed by atoms with Crippen LogP contribution in [0, 0.1) is 11.8 Å². The lowest BCUT2D eigenvalue weighted by Gasteiger charge is -2.27. The van der Waals surface area contributed by atoms with Crippen LogP contribution in [0.3, 0.4) is 0 Å². The van der Waals surface area contributed by atoms with Crippen LogP contribution in [-0.4, -0.2) is 29.9 Å². The molecule has 4 atom stereocenters. The molecule has 1 aliphatic heterocycles. The Balaban J connectivity index is 1.84. The number of carbonyl (C=O) groups is 1. The molecule has 0 bridgehead atoms. The van der Waals surface area contributed by atoms with E-state index in [1.54, 1.807) is 6.92 Å². The fourth-order valence-electron chi connectivity index (χ4n) is 2.41. The first-order chi connectivity index (χ1) is 10.6. The van der Waals surface area contributed by atoms with Gasteiger partial charge >= 0.3 is 5.97 Å². The highest BCUT2D eigenvalue weighted by Gasteiger charge is 2.29. The minimum Gasteiger partial charge on any atom is -0.460 e. The quantitative estimate of drug-likeness (QED) is 0.671. The second-order valence-electron chi connectivity index (χ2n) is 5.92. The maximum Gasteiger partial charge on any atom is 0.335 e. The van der Waals surface area contributed by atoms with Gasteiger partial charge in [-0.05, 0) is 5.56 Å². The summed E-state index contributed by atoms with van der Waals surface area (Å²) in [4.78, 5) is 11.8. The Hall–Kier alpha value is -1.65. The minimum atomic E-state index is -1.09. The average molecular weight is 304 g/mol. The molecule has 1 aliphatic rings. The number of ether oxygens (including phenoxy) is 2. The van der Waals surface area contributed by atoms with Crippen LogP contribution in [-0.2, 0) is 20.9 Å². The molecule has 1 aromatic carbocycles. The van der Waals surface area contributed by atoms with E-state index in [0.717, 1.165) is 5.56 Å².